The molecule has 0 aromatic heterocycles. The van der Waals surface area contributed by atoms with Crippen LogP contribution in [0.25, 0.3) is 0 Å². The predicted molar refractivity (Wildman–Crippen MR) is 76.7 cm³/mol. The van der Waals surface area contributed by atoms with Crippen molar-refractivity contribution in [1.82, 2.24) is 4.90 Å². The average molecular weight is 326 g/mol. The molecule has 2 unspecified atom stereocenters. The number of nitrogens with zero attached hydrogens (tertiary/aromatic N) is 1. The summed E-state index contributed by atoms with van der Waals surface area (Å²) in [6.45, 7) is 2.12. The van der Waals surface area contributed by atoms with Crippen LogP contribution in [0.1, 0.15) is 19.8 Å². The smallest absolute Gasteiger partial charge is 0.239 e. The lowest BCUT2D eigenvalue weighted by molar-refractivity contribution is -0.134. The van der Waals surface area contributed by atoms with Gasteiger partial charge in [-0.3, -0.25) is 4.79 Å². The number of carbonyl (C=O) groups is 1. The van der Waals surface area contributed by atoms with Crippen LogP contribution in [0.5, 0.6) is 0 Å². The molecular formula is C11H22N2O5S2. The summed E-state index contributed by atoms with van der Waals surface area (Å²) in [7, 11) is -6.25. The predicted octanol–water partition coefficient (Wildman–Crippen LogP) is -1.22. The van der Waals surface area contributed by atoms with Crippen LogP contribution in [0.3, 0.4) is 0 Å². The van der Waals surface area contributed by atoms with Crippen LogP contribution in [0.2, 0.25) is 0 Å². The van der Waals surface area contributed by atoms with E-state index < -0.39 is 25.7 Å². The Morgan fingerprint density at radius 3 is 2.45 bits per heavy atom. The first-order valence-electron chi connectivity index (χ1n) is 6.50. The molecule has 2 N–H and O–H groups in total. The molecule has 1 heterocycles. The molecule has 20 heavy (non-hydrogen) atoms. The first kappa shape index (κ1) is 17.4. The summed E-state index contributed by atoms with van der Waals surface area (Å²) >= 11 is 0. The molecule has 1 aliphatic heterocycles. The van der Waals surface area contributed by atoms with Crippen molar-refractivity contribution in [1.29, 1.82) is 0 Å². The Bertz CT molecular complexity index is 555. The molecule has 1 amide bonds. The molecule has 1 fully saturated rings. The van der Waals surface area contributed by atoms with E-state index in [1.54, 1.807) is 6.92 Å². The molecule has 0 aliphatic carbocycles. The van der Waals surface area contributed by atoms with Crippen LogP contribution < -0.4 is 5.73 Å². The lowest BCUT2D eigenvalue weighted by Crippen LogP contribution is -2.49. The highest BCUT2D eigenvalue weighted by atomic mass is 32.2. The van der Waals surface area contributed by atoms with Crippen LogP contribution in [-0.4, -0.2) is 69.8 Å². The minimum Gasteiger partial charge on any atom is -0.338 e. The highest BCUT2D eigenvalue weighted by Gasteiger charge is 2.35. The van der Waals surface area contributed by atoms with Gasteiger partial charge in [-0.05, 0) is 19.8 Å². The van der Waals surface area contributed by atoms with Gasteiger partial charge >= 0.3 is 0 Å². The van der Waals surface area contributed by atoms with Gasteiger partial charge in [-0.1, -0.05) is 0 Å². The van der Waals surface area contributed by atoms with E-state index in [2.05, 4.69) is 0 Å². The van der Waals surface area contributed by atoms with Crippen molar-refractivity contribution in [3.05, 3.63) is 0 Å². The molecule has 2 atom stereocenters. The van der Waals surface area contributed by atoms with Gasteiger partial charge in [-0.15, -0.1) is 0 Å². The van der Waals surface area contributed by atoms with E-state index in [9.17, 15) is 21.6 Å². The van der Waals surface area contributed by atoms with Crippen molar-refractivity contribution in [2.45, 2.75) is 31.8 Å². The summed E-state index contributed by atoms with van der Waals surface area (Å²) < 4.78 is 45.1. The largest absolute Gasteiger partial charge is 0.338 e. The van der Waals surface area contributed by atoms with Gasteiger partial charge in [0.2, 0.25) is 5.91 Å². The zero-order valence-electron chi connectivity index (χ0n) is 11.8. The zero-order chi connectivity index (χ0) is 15.6. The number of amides is 1. The van der Waals surface area contributed by atoms with E-state index in [-0.39, 0.29) is 35.6 Å². The maximum Gasteiger partial charge on any atom is 0.239 e. The molecule has 0 radical (unpaired) electrons. The monoisotopic (exact) mass is 326 g/mol. The molecule has 0 aromatic rings. The molecular weight excluding hydrogens is 304 g/mol. The van der Waals surface area contributed by atoms with Crippen LogP contribution >= 0.6 is 0 Å². The third-order valence-electron chi connectivity index (χ3n) is 3.39. The summed E-state index contributed by atoms with van der Waals surface area (Å²) in [4.78, 5) is 13.7. The van der Waals surface area contributed by atoms with E-state index in [1.807, 2.05) is 0 Å². The number of hydrogen-bond donors (Lipinski definition) is 1. The quantitative estimate of drug-likeness (QED) is 0.654. The second-order valence-electron chi connectivity index (χ2n) is 5.21. The molecule has 0 aromatic carbocycles. The molecule has 7 nitrogen and oxygen atoms in total. The molecule has 0 spiro atoms. The lowest BCUT2D eigenvalue weighted by Gasteiger charge is -2.29. The van der Waals surface area contributed by atoms with E-state index in [0.29, 0.717) is 13.0 Å². The summed E-state index contributed by atoms with van der Waals surface area (Å²) in [6, 6.07) is -1.25. The minimum absolute atomic E-state index is 0.0363. The van der Waals surface area contributed by atoms with Gasteiger partial charge < -0.3 is 10.6 Å². The molecule has 1 aliphatic rings. The highest BCUT2D eigenvalue weighted by molar-refractivity contribution is 7.91. The first-order chi connectivity index (χ1) is 9.06. The topological polar surface area (TPSA) is 115 Å². The van der Waals surface area contributed by atoms with Crippen LogP contribution in [0, 0.1) is 0 Å². The Kier molecular flexibility index (Phi) is 5.56. The number of hydrogen-bond acceptors (Lipinski definition) is 6. The molecule has 0 bridgehead atoms. The second kappa shape index (κ2) is 6.40. The standard InChI is InChI=1S/C11H22N2O5S2/c1-3-13(9-4-7-20(17,18)8-9)11(14)10(12)5-6-19(2,15)16/h9-10H,3-8,12H2,1-2H3. The average Bonchev–Trinajstić information content (AvgIpc) is 2.66. The van der Waals surface area contributed by atoms with E-state index in [0.717, 1.165) is 6.26 Å². The highest BCUT2D eigenvalue weighted by Crippen LogP contribution is 2.18. The van der Waals surface area contributed by atoms with Crippen LogP contribution in [-0.2, 0) is 24.5 Å². The lowest BCUT2D eigenvalue weighted by atomic mass is 10.1. The Balaban J connectivity index is 2.68. The number of sulfone groups is 2. The third kappa shape index (κ3) is 5.02. The van der Waals surface area contributed by atoms with E-state index in [1.165, 1.54) is 4.90 Å². The van der Waals surface area contributed by atoms with Gasteiger partial charge in [0, 0.05) is 18.8 Å². The van der Waals surface area contributed by atoms with Crippen molar-refractivity contribution >= 4 is 25.6 Å². The van der Waals surface area contributed by atoms with Crippen molar-refractivity contribution in [3.63, 3.8) is 0 Å². The summed E-state index contributed by atoms with van der Waals surface area (Å²) in [6.07, 6.45) is 1.56. The number of carbonyl (C=O) groups excluding carboxylic acids is 1. The summed E-state index contributed by atoms with van der Waals surface area (Å²) in [5.74, 6) is -0.482. The normalized spacial score (nSPS) is 23.4. The van der Waals surface area contributed by atoms with Crippen molar-refractivity contribution in [3.8, 4) is 0 Å². The Labute approximate surface area is 120 Å². The van der Waals surface area contributed by atoms with Gasteiger partial charge in [-0.2, -0.15) is 0 Å². The zero-order valence-corrected chi connectivity index (χ0v) is 13.4. The van der Waals surface area contributed by atoms with E-state index in [4.69, 9.17) is 5.73 Å². The fourth-order valence-corrected chi connectivity index (χ4v) is 4.71. The van der Waals surface area contributed by atoms with Crippen LogP contribution in [0.15, 0.2) is 0 Å². The minimum atomic E-state index is -3.17. The maximum absolute atomic E-state index is 12.2. The van der Waals surface area contributed by atoms with Crippen molar-refractivity contribution < 1.29 is 21.6 Å². The van der Waals surface area contributed by atoms with Gasteiger partial charge in [0.05, 0.1) is 23.3 Å². The molecule has 9 heteroatoms. The number of nitrogens with two attached hydrogens (primary N) is 1. The third-order valence-corrected chi connectivity index (χ3v) is 6.12. The van der Waals surface area contributed by atoms with Crippen molar-refractivity contribution in [2.75, 3.05) is 30.1 Å². The Morgan fingerprint density at radius 2 is 2.05 bits per heavy atom. The number of likely N-dealkylation sites (N-methyl/N-ethyl adjacent to an activating group) is 1. The van der Waals surface area contributed by atoms with Gasteiger partial charge in [0.25, 0.3) is 0 Å². The molecule has 1 saturated heterocycles. The number of rotatable bonds is 6. The molecule has 118 valence electrons. The Hall–Kier alpha value is -0.670. The summed E-state index contributed by atoms with van der Waals surface area (Å²) in [5, 5.41) is 0. The second-order valence-corrected chi connectivity index (χ2v) is 9.69. The van der Waals surface area contributed by atoms with Gasteiger partial charge in [0.1, 0.15) is 9.84 Å². The fraction of sp³-hybridized carbons (Fsp3) is 0.909. The van der Waals surface area contributed by atoms with Crippen LogP contribution in [0.4, 0.5) is 0 Å². The summed E-state index contributed by atoms with van der Waals surface area (Å²) in [5.41, 5.74) is 5.73. The van der Waals surface area contributed by atoms with Gasteiger partial charge in [0.15, 0.2) is 9.84 Å². The molecule has 0 saturated carbocycles. The fourth-order valence-electron chi connectivity index (χ4n) is 2.29. The van der Waals surface area contributed by atoms with Gasteiger partial charge in [-0.25, -0.2) is 16.8 Å². The maximum atomic E-state index is 12.2. The first-order valence-corrected chi connectivity index (χ1v) is 10.4. The van der Waals surface area contributed by atoms with Crippen molar-refractivity contribution in [2.24, 2.45) is 5.73 Å². The molecule has 1 rings (SSSR count). The Morgan fingerprint density at radius 1 is 1.45 bits per heavy atom. The van der Waals surface area contributed by atoms with E-state index >= 15 is 0 Å². The SMILES string of the molecule is CCN(C(=O)C(N)CCS(C)(=O)=O)C1CCS(=O)(=O)C1.